The van der Waals surface area contributed by atoms with Gasteiger partial charge in [-0.25, -0.2) is 10.0 Å². The molecule has 0 spiro atoms. The van der Waals surface area contributed by atoms with E-state index in [1.165, 1.54) is 11.6 Å². The summed E-state index contributed by atoms with van der Waals surface area (Å²) in [6, 6.07) is 10.1. The van der Waals surface area contributed by atoms with Crippen LogP contribution < -0.4 is 20.1 Å². The number of allylic oxidation sites excluding steroid dienone is 4. The minimum absolute atomic E-state index is 0.0729. The highest BCUT2D eigenvalue weighted by Crippen LogP contribution is 2.32. The maximum Gasteiger partial charge on any atom is 0.246 e. The second kappa shape index (κ2) is 18.2. The fourth-order valence-electron chi connectivity index (χ4n) is 5.32. The van der Waals surface area contributed by atoms with Crippen LogP contribution in [-0.2, 0) is 4.79 Å². The van der Waals surface area contributed by atoms with Crippen molar-refractivity contribution in [2.24, 2.45) is 16.0 Å². The van der Waals surface area contributed by atoms with Gasteiger partial charge in [-0.1, -0.05) is 32.9 Å². The van der Waals surface area contributed by atoms with Crippen LogP contribution in [0.4, 0.5) is 11.4 Å². The van der Waals surface area contributed by atoms with E-state index in [1.807, 2.05) is 74.1 Å². The van der Waals surface area contributed by atoms with Crippen molar-refractivity contribution in [1.29, 1.82) is 0 Å². The summed E-state index contributed by atoms with van der Waals surface area (Å²) in [5.74, 6) is 4.04. The van der Waals surface area contributed by atoms with E-state index in [0.29, 0.717) is 25.5 Å². The lowest BCUT2D eigenvalue weighted by atomic mass is 9.99. The molecule has 0 aromatic heterocycles. The number of carbonyl (C=O) groups excluding carboxylic acids is 1. The van der Waals surface area contributed by atoms with Crippen molar-refractivity contribution < 1.29 is 14.3 Å². The summed E-state index contributed by atoms with van der Waals surface area (Å²) in [7, 11) is 1.66. The van der Waals surface area contributed by atoms with E-state index in [0.717, 1.165) is 69.6 Å². The number of aliphatic imine (C=N–C) groups is 1. The average molecular weight is 683 g/mol. The maximum atomic E-state index is 12.4. The van der Waals surface area contributed by atoms with Gasteiger partial charge in [-0.05, 0) is 92.6 Å². The number of thioether (sulfide) groups is 1. The molecule has 2 aromatic rings. The molecule has 49 heavy (non-hydrogen) atoms. The van der Waals surface area contributed by atoms with Crippen molar-refractivity contribution in [3.63, 3.8) is 0 Å². The zero-order valence-electron chi connectivity index (χ0n) is 29.9. The summed E-state index contributed by atoms with van der Waals surface area (Å²) >= 11 is 1.71. The zero-order chi connectivity index (χ0) is 35.3. The third kappa shape index (κ3) is 9.92. The Morgan fingerprint density at radius 2 is 1.98 bits per heavy atom. The molecular weight excluding hydrogens is 633 g/mol. The molecule has 2 aromatic carbocycles. The van der Waals surface area contributed by atoms with Gasteiger partial charge in [-0.2, -0.15) is 16.9 Å². The maximum absolute atomic E-state index is 12.4. The number of hydrogen-bond acceptors (Lipinski definition) is 8. The topological polar surface area (TPSA) is 90.8 Å². The summed E-state index contributed by atoms with van der Waals surface area (Å²) in [5.41, 5.74) is 6.92. The molecule has 1 atom stereocenters. The van der Waals surface area contributed by atoms with E-state index in [2.05, 4.69) is 61.3 Å². The molecule has 10 heteroatoms. The molecule has 2 aliphatic rings. The van der Waals surface area contributed by atoms with Gasteiger partial charge in [-0.15, -0.1) is 0 Å². The number of aryl methyl sites for hydroxylation is 2. The predicted molar refractivity (Wildman–Crippen MR) is 207 cm³/mol. The molecule has 260 valence electrons. The standard InChI is InChI=1S/C39H50N6O3S/c1-9-11-12-16-41-39(33-25-34(37(47-7)23-27(33)3)40-17-19-44(20-21-49-8)38(46)10-2)43-31-13-14-36(28(4)22-31)48-32-15-18-45-35(24-32)30(6)29(5)26-42-45/h10,12-16,18,22-26,29,40H,2,9,11,17,19-21H2,1,3-8H3,(H,41,43)/b16-12+. The number of hydrazone groups is 1. The van der Waals surface area contributed by atoms with Crippen molar-refractivity contribution in [3.05, 3.63) is 107 Å². The highest BCUT2D eigenvalue weighted by molar-refractivity contribution is 7.98. The smallest absolute Gasteiger partial charge is 0.246 e. The quantitative estimate of drug-likeness (QED) is 0.105. The predicted octanol–water partition coefficient (Wildman–Crippen LogP) is 8.28. The lowest BCUT2D eigenvalue weighted by Crippen LogP contribution is -2.35. The number of fused-ring (bicyclic) bond motifs is 1. The SMILES string of the molecule is C=CC(=O)N(CCNc1cc(C(=N/C=C/CCC)Nc2ccc(OC3=CC4=C(C)C(C)C=NN4C=C3)c(C)c2)c(C)cc1OC)CCSC. The molecule has 0 fully saturated rings. The minimum atomic E-state index is -0.0729. The molecule has 9 nitrogen and oxygen atoms in total. The first kappa shape index (κ1) is 37.1. The lowest BCUT2D eigenvalue weighted by molar-refractivity contribution is -0.125. The first-order chi connectivity index (χ1) is 23.7. The largest absolute Gasteiger partial charge is 0.495 e. The zero-order valence-corrected chi connectivity index (χ0v) is 30.7. The number of anilines is 2. The number of benzene rings is 2. The Bertz CT molecular complexity index is 1690. The number of amides is 1. The van der Waals surface area contributed by atoms with Gasteiger partial charge in [0, 0.05) is 67.2 Å². The summed E-state index contributed by atoms with van der Waals surface area (Å²) in [6.45, 7) is 15.9. The van der Waals surface area contributed by atoms with Crippen molar-refractivity contribution in [1.82, 2.24) is 9.91 Å². The number of rotatable bonds is 16. The Hall–Kier alpha value is -4.70. The van der Waals surface area contributed by atoms with Crippen LogP contribution in [0, 0.1) is 19.8 Å². The Morgan fingerprint density at radius 3 is 2.69 bits per heavy atom. The highest BCUT2D eigenvalue weighted by atomic mass is 32.2. The number of unbranched alkanes of at least 4 members (excludes halogenated alkanes) is 1. The first-order valence-corrected chi connectivity index (χ1v) is 18.1. The first-order valence-electron chi connectivity index (χ1n) is 16.7. The molecular formula is C39H50N6O3S. The molecule has 1 amide bonds. The van der Waals surface area contributed by atoms with E-state index in [9.17, 15) is 4.79 Å². The van der Waals surface area contributed by atoms with E-state index in [-0.39, 0.29) is 11.8 Å². The molecule has 2 heterocycles. The van der Waals surface area contributed by atoms with Crippen LogP contribution in [0.2, 0.25) is 0 Å². The third-order valence-corrected chi connectivity index (χ3v) is 8.98. The number of amidine groups is 1. The molecule has 2 aliphatic heterocycles. The molecule has 0 saturated carbocycles. The Balaban J connectivity index is 1.57. The van der Waals surface area contributed by atoms with Gasteiger partial charge < -0.3 is 25.0 Å². The monoisotopic (exact) mass is 682 g/mol. The van der Waals surface area contributed by atoms with Crippen molar-refractivity contribution in [3.8, 4) is 11.5 Å². The molecule has 0 saturated heterocycles. The van der Waals surface area contributed by atoms with Gasteiger partial charge in [-0.3, -0.25) is 4.79 Å². The Kier molecular flexibility index (Phi) is 13.8. The minimum Gasteiger partial charge on any atom is -0.495 e. The Morgan fingerprint density at radius 1 is 1.16 bits per heavy atom. The van der Waals surface area contributed by atoms with E-state index >= 15 is 0 Å². The second-order valence-corrected chi connectivity index (χ2v) is 13.0. The molecule has 4 rings (SSSR count). The number of hydrogen-bond donors (Lipinski definition) is 2. The van der Waals surface area contributed by atoms with Crippen LogP contribution >= 0.6 is 11.8 Å². The van der Waals surface area contributed by atoms with Gasteiger partial charge in [0.1, 0.15) is 23.1 Å². The van der Waals surface area contributed by atoms with Crippen LogP contribution in [0.5, 0.6) is 11.5 Å². The van der Waals surface area contributed by atoms with Crippen LogP contribution in [0.25, 0.3) is 0 Å². The van der Waals surface area contributed by atoms with Crippen molar-refractivity contribution >= 4 is 41.1 Å². The molecule has 1 unspecified atom stereocenters. The van der Waals surface area contributed by atoms with Crippen LogP contribution in [0.15, 0.2) is 101 Å². The summed E-state index contributed by atoms with van der Waals surface area (Å²) in [5, 5.41) is 13.4. The fourth-order valence-corrected chi connectivity index (χ4v) is 5.73. The molecule has 0 bridgehead atoms. The van der Waals surface area contributed by atoms with Gasteiger partial charge in [0.25, 0.3) is 0 Å². The van der Waals surface area contributed by atoms with Gasteiger partial charge >= 0.3 is 0 Å². The fraction of sp³-hybridized carbons (Fsp3) is 0.359. The van der Waals surface area contributed by atoms with E-state index in [1.54, 1.807) is 23.8 Å². The van der Waals surface area contributed by atoms with E-state index in [4.69, 9.17) is 14.5 Å². The average Bonchev–Trinajstić information content (AvgIpc) is 3.10. The number of carbonyl (C=O) groups is 1. The van der Waals surface area contributed by atoms with Crippen LogP contribution in [0.1, 0.15) is 50.3 Å². The van der Waals surface area contributed by atoms with Gasteiger partial charge in [0.15, 0.2) is 0 Å². The van der Waals surface area contributed by atoms with Crippen LogP contribution in [0.3, 0.4) is 0 Å². The lowest BCUT2D eigenvalue weighted by Gasteiger charge is -2.28. The van der Waals surface area contributed by atoms with Gasteiger partial charge in [0.05, 0.1) is 18.5 Å². The summed E-state index contributed by atoms with van der Waals surface area (Å²) < 4.78 is 12.1. The van der Waals surface area contributed by atoms with Crippen LogP contribution in [-0.4, -0.2) is 66.6 Å². The van der Waals surface area contributed by atoms with E-state index < -0.39 is 0 Å². The normalized spacial score (nSPS) is 15.7. The number of nitrogens with zero attached hydrogens (tertiary/aromatic N) is 4. The summed E-state index contributed by atoms with van der Waals surface area (Å²) in [4.78, 5) is 19.1. The van der Waals surface area contributed by atoms with Crippen molar-refractivity contribution in [2.75, 3.05) is 49.4 Å². The summed E-state index contributed by atoms with van der Waals surface area (Å²) in [6.07, 6.45) is 17.2. The van der Waals surface area contributed by atoms with Gasteiger partial charge in [0.2, 0.25) is 5.91 Å². The second-order valence-electron chi connectivity index (χ2n) is 12.0. The number of nitrogens with one attached hydrogen (secondary N) is 2. The molecule has 0 aliphatic carbocycles. The number of methoxy groups -OCH3 is 1. The molecule has 0 radical (unpaired) electrons. The Labute approximate surface area is 296 Å². The highest BCUT2D eigenvalue weighted by Gasteiger charge is 2.21. The van der Waals surface area contributed by atoms with Crippen molar-refractivity contribution in [2.45, 2.75) is 47.5 Å². The third-order valence-electron chi connectivity index (χ3n) is 8.39. The molecule has 2 N–H and O–H groups in total. The number of ether oxygens (including phenoxy) is 2.